The van der Waals surface area contributed by atoms with Crippen molar-refractivity contribution in [2.75, 3.05) is 11.1 Å². The van der Waals surface area contributed by atoms with E-state index in [0.29, 0.717) is 49.8 Å². The van der Waals surface area contributed by atoms with E-state index in [2.05, 4.69) is 29.0 Å². The fraction of sp³-hybridized carbons (Fsp3) is 0.360. The van der Waals surface area contributed by atoms with Crippen molar-refractivity contribution in [1.82, 2.24) is 14.8 Å². The van der Waals surface area contributed by atoms with Crippen LogP contribution in [0, 0.1) is 5.92 Å². The van der Waals surface area contributed by atoms with Crippen molar-refractivity contribution in [1.29, 1.82) is 0 Å². The number of thiophene rings is 1. The topological polar surface area (TPSA) is 112 Å². The van der Waals surface area contributed by atoms with Crippen LogP contribution in [0.15, 0.2) is 36.0 Å². The zero-order valence-corrected chi connectivity index (χ0v) is 23.6. The predicted octanol–water partition coefficient (Wildman–Crippen LogP) is 5.93. The highest BCUT2D eigenvalue weighted by Gasteiger charge is 2.27. The summed E-state index contributed by atoms with van der Waals surface area (Å²) in [4.78, 5) is 26.1. The van der Waals surface area contributed by atoms with Crippen molar-refractivity contribution in [2.45, 2.75) is 50.9 Å². The fourth-order valence-electron chi connectivity index (χ4n) is 4.21. The van der Waals surface area contributed by atoms with Gasteiger partial charge in [-0.15, -0.1) is 28.1 Å². The Morgan fingerprint density at radius 1 is 1.41 bits per heavy atom. The van der Waals surface area contributed by atoms with Gasteiger partial charge in [0.25, 0.3) is 5.91 Å². The maximum atomic E-state index is 12.8. The van der Waals surface area contributed by atoms with E-state index >= 15 is 0 Å². The van der Waals surface area contributed by atoms with Gasteiger partial charge in [0, 0.05) is 16.4 Å². The van der Waals surface area contributed by atoms with Gasteiger partial charge in [-0.05, 0) is 55.9 Å². The summed E-state index contributed by atoms with van der Waals surface area (Å²) in [6, 6.07) is 4.99. The largest absolute Gasteiger partial charge is 0.481 e. The van der Waals surface area contributed by atoms with Gasteiger partial charge < -0.3 is 15.8 Å². The van der Waals surface area contributed by atoms with E-state index in [4.69, 9.17) is 33.7 Å². The molecule has 0 spiro atoms. The SMILES string of the molecule is C=CCn1c(SCC(=O)Nc2sc3c(c2C(N)=O)CCC(C)C3)nnc1C(C)Oc1ccc(Cl)cc1Cl. The molecule has 2 aromatic heterocycles. The van der Waals surface area contributed by atoms with Crippen LogP contribution in [0.2, 0.25) is 10.0 Å². The Hall–Kier alpha value is -2.53. The quantitative estimate of drug-likeness (QED) is 0.227. The van der Waals surface area contributed by atoms with Gasteiger partial charge in [-0.1, -0.05) is 48.0 Å². The Balaban J connectivity index is 1.46. The van der Waals surface area contributed by atoms with Crippen molar-refractivity contribution in [3.8, 4) is 5.75 Å². The number of amides is 2. The minimum atomic E-state index is -0.514. The van der Waals surface area contributed by atoms with Gasteiger partial charge in [0.15, 0.2) is 17.1 Å². The second-order valence-electron chi connectivity index (χ2n) is 8.83. The first-order valence-corrected chi connectivity index (χ1v) is 14.3. The van der Waals surface area contributed by atoms with Crippen molar-refractivity contribution in [3.63, 3.8) is 0 Å². The summed E-state index contributed by atoms with van der Waals surface area (Å²) in [5.41, 5.74) is 7.08. The molecule has 3 N–H and O–H groups in total. The van der Waals surface area contributed by atoms with E-state index in [1.54, 1.807) is 24.3 Å². The number of aromatic nitrogens is 3. The van der Waals surface area contributed by atoms with Crippen molar-refractivity contribution in [3.05, 3.63) is 62.7 Å². The highest BCUT2D eigenvalue weighted by Crippen LogP contribution is 2.39. The minimum Gasteiger partial charge on any atom is -0.481 e. The van der Waals surface area contributed by atoms with Crippen LogP contribution in [0.25, 0.3) is 0 Å². The number of nitrogens with one attached hydrogen (secondary N) is 1. The van der Waals surface area contributed by atoms with Crippen LogP contribution in [-0.2, 0) is 24.2 Å². The number of fused-ring (bicyclic) bond motifs is 1. The van der Waals surface area contributed by atoms with Gasteiger partial charge in [0.2, 0.25) is 5.91 Å². The summed E-state index contributed by atoms with van der Waals surface area (Å²) in [5, 5.41) is 13.4. The molecule has 4 rings (SSSR count). The number of ether oxygens (including phenoxy) is 1. The van der Waals surface area contributed by atoms with Gasteiger partial charge in [0.05, 0.1) is 16.3 Å². The first kappa shape index (κ1) is 27.5. The summed E-state index contributed by atoms with van der Waals surface area (Å²) >= 11 is 14.9. The van der Waals surface area contributed by atoms with Gasteiger partial charge >= 0.3 is 0 Å². The monoisotopic (exact) mass is 579 g/mol. The van der Waals surface area contributed by atoms with Crippen LogP contribution >= 0.6 is 46.3 Å². The predicted molar refractivity (Wildman–Crippen MR) is 149 cm³/mol. The summed E-state index contributed by atoms with van der Waals surface area (Å²) in [5.74, 6) is 0.873. The van der Waals surface area contributed by atoms with E-state index in [1.165, 1.54) is 23.1 Å². The first-order chi connectivity index (χ1) is 17.7. The number of carbonyl (C=O) groups excluding carboxylic acids is 2. The van der Waals surface area contributed by atoms with Crippen LogP contribution in [0.1, 0.15) is 53.0 Å². The van der Waals surface area contributed by atoms with Gasteiger partial charge in [-0.3, -0.25) is 14.2 Å². The standard InChI is InChI=1S/C25H27Cl2N5O3S2/c1-4-9-32-23(14(3)35-18-8-6-15(26)11-17(18)27)30-31-25(32)36-12-20(33)29-24-21(22(28)34)16-7-5-13(2)10-19(16)37-24/h4,6,8,11,13-14H,1,5,7,9-10,12H2,2-3H3,(H2,28,34)(H,29,33). The van der Waals surface area contributed by atoms with Crippen LogP contribution in [0.5, 0.6) is 5.75 Å². The molecule has 2 heterocycles. The van der Waals surface area contributed by atoms with E-state index < -0.39 is 12.0 Å². The Morgan fingerprint density at radius 3 is 2.89 bits per heavy atom. The number of thioether (sulfide) groups is 1. The average Bonchev–Trinajstić information content (AvgIpc) is 3.40. The first-order valence-electron chi connectivity index (χ1n) is 11.7. The number of nitrogens with zero attached hydrogens (tertiary/aromatic N) is 3. The second kappa shape index (κ2) is 11.9. The molecule has 2 unspecified atom stereocenters. The number of rotatable bonds is 10. The highest BCUT2D eigenvalue weighted by atomic mass is 35.5. The van der Waals surface area contributed by atoms with Crippen molar-refractivity contribution >= 4 is 63.1 Å². The molecule has 12 heteroatoms. The van der Waals surface area contributed by atoms with Gasteiger partial charge in [-0.2, -0.15) is 0 Å². The number of anilines is 1. The van der Waals surface area contributed by atoms with E-state index in [9.17, 15) is 9.59 Å². The maximum Gasteiger partial charge on any atom is 0.251 e. The van der Waals surface area contributed by atoms with E-state index in [-0.39, 0.29) is 11.7 Å². The Bertz CT molecular complexity index is 1340. The fourth-order valence-corrected chi connectivity index (χ4v) is 6.85. The third kappa shape index (κ3) is 6.31. The Kier molecular flexibility index (Phi) is 8.84. The number of hydrogen-bond donors (Lipinski definition) is 2. The number of allylic oxidation sites excluding steroid dienone is 1. The number of hydrogen-bond acceptors (Lipinski definition) is 7. The molecule has 1 aliphatic rings. The van der Waals surface area contributed by atoms with Gasteiger partial charge in [-0.25, -0.2) is 0 Å². The summed E-state index contributed by atoms with van der Waals surface area (Å²) < 4.78 is 7.83. The molecule has 0 fully saturated rings. The molecule has 37 heavy (non-hydrogen) atoms. The number of halogens is 2. The molecule has 2 atom stereocenters. The lowest BCUT2D eigenvalue weighted by molar-refractivity contribution is -0.113. The molecule has 0 bridgehead atoms. The molecule has 0 saturated heterocycles. The third-order valence-electron chi connectivity index (χ3n) is 5.96. The lowest BCUT2D eigenvalue weighted by Crippen LogP contribution is -2.20. The number of benzene rings is 1. The summed E-state index contributed by atoms with van der Waals surface area (Å²) in [6.07, 6.45) is 3.92. The van der Waals surface area contributed by atoms with Crippen LogP contribution in [0.4, 0.5) is 5.00 Å². The molecule has 1 aliphatic carbocycles. The highest BCUT2D eigenvalue weighted by molar-refractivity contribution is 7.99. The molecule has 196 valence electrons. The number of carbonyl (C=O) groups is 2. The molecule has 0 aliphatic heterocycles. The molecular weight excluding hydrogens is 553 g/mol. The lowest BCUT2D eigenvalue weighted by Gasteiger charge is -2.18. The minimum absolute atomic E-state index is 0.0741. The van der Waals surface area contributed by atoms with Crippen LogP contribution in [-0.4, -0.2) is 32.3 Å². The summed E-state index contributed by atoms with van der Waals surface area (Å²) in [6.45, 7) is 8.26. The van der Waals surface area contributed by atoms with Crippen LogP contribution < -0.4 is 15.8 Å². The molecule has 0 radical (unpaired) electrons. The molecule has 3 aromatic rings. The van der Waals surface area contributed by atoms with E-state index in [1.807, 2.05) is 11.5 Å². The van der Waals surface area contributed by atoms with Gasteiger partial charge in [0.1, 0.15) is 10.8 Å². The number of nitrogens with two attached hydrogens (primary N) is 1. The molecule has 1 aromatic carbocycles. The maximum absolute atomic E-state index is 12.8. The summed E-state index contributed by atoms with van der Waals surface area (Å²) in [7, 11) is 0. The van der Waals surface area contributed by atoms with Crippen molar-refractivity contribution < 1.29 is 14.3 Å². The third-order valence-corrected chi connectivity index (χ3v) is 8.63. The lowest BCUT2D eigenvalue weighted by atomic mass is 9.88. The molecule has 0 saturated carbocycles. The smallest absolute Gasteiger partial charge is 0.251 e. The zero-order valence-electron chi connectivity index (χ0n) is 20.4. The normalized spacial score (nSPS) is 15.6. The zero-order chi connectivity index (χ0) is 26.7. The Morgan fingerprint density at radius 2 is 2.19 bits per heavy atom. The number of primary amides is 1. The van der Waals surface area contributed by atoms with E-state index in [0.717, 1.165) is 29.7 Å². The average molecular weight is 581 g/mol. The van der Waals surface area contributed by atoms with Crippen LogP contribution in [0.3, 0.4) is 0 Å². The molecule has 8 nitrogen and oxygen atoms in total. The Labute approximate surface area is 233 Å². The molecule has 2 amide bonds. The van der Waals surface area contributed by atoms with Crippen molar-refractivity contribution in [2.24, 2.45) is 11.7 Å². The second-order valence-corrected chi connectivity index (χ2v) is 11.7. The molecular formula is C25H27Cl2N5O3S2.